The van der Waals surface area contributed by atoms with Gasteiger partial charge in [0.25, 0.3) is 15.9 Å². The second kappa shape index (κ2) is 10.7. The summed E-state index contributed by atoms with van der Waals surface area (Å²) in [5.74, 6) is -0.340. The van der Waals surface area contributed by atoms with Crippen molar-refractivity contribution in [2.75, 3.05) is 23.8 Å². The molecule has 1 saturated heterocycles. The van der Waals surface area contributed by atoms with Crippen molar-refractivity contribution in [2.24, 2.45) is 5.92 Å². The number of nitrogen functional groups attached to an aromatic ring is 1. The van der Waals surface area contributed by atoms with Crippen molar-refractivity contribution in [3.63, 3.8) is 0 Å². The summed E-state index contributed by atoms with van der Waals surface area (Å²) in [5, 5.41) is -0.366. The molecule has 0 bridgehead atoms. The van der Waals surface area contributed by atoms with E-state index in [4.69, 9.17) is 15.5 Å². The van der Waals surface area contributed by atoms with Crippen molar-refractivity contribution >= 4 is 27.6 Å². The molecular formula is C26H30FN5O4S. The number of rotatable bonds is 8. The van der Waals surface area contributed by atoms with Gasteiger partial charge in [-0.3, -0.25) is 4.79 Å². The monoisotopic (exact) mass is 527 g/mol. The zero-order valence-electron chi connectivity index (χ0n) is 20.9. The highest BCUT2D eigenvalue weighted by Gasteiger charge is 2.29. The van der Waals surface area contributed by atoms with Crippen LogP contribution in [0.15, 0.2) is 53.6 Å². The van der Waals surface area contributed by atoms with Crippen LogP contribution in [0.5, 0.6) is 5.75 Å². The molecule has 196 valence electrons. The lowest BCUT2D eigenvalue weighted by Crippen LogP contribution is -2.35. The minimum atomic E-state index is -4.27. The molecule has 3 heterocycles. The maximum atomic E-state index is 14.4. The third kappa shape index (κ3) is 6.16. The van der Waals surface area contributed by atoms with Gasteiger partial charge in [-0.05, 0) is 62.1 Å². The largest absolute Gasteiger partial charge is 0.493 e. The minimum absolute atomic E-state index is 0.0137. The second-order valence-electron chi connectivity index (χ2n) is 9.47. The van der Waals surface area contributed by atoms with Crippen LogP contribution in [0.3, 0.4) is 0 Å². The molecule has 1 aromatic carbocycles. The first kappa shape index (κ1) is 26.3. The highest BCUT2D eigenvalue weighted by atomic mass is 32.2. The number of amides is 1. The Balaban J connectivity index is 1.71. The molecule has 0 spiro atoms. The Morgan fingerprint density at radius 2 is 2.00 bits per heavy atom. The van der Waals surface area contributed by atoms with Crippen LogP contribution in [0.2, 0.25) is 0 Å². The van der Waals surface area contributed by atoms with Crippen molar-refractivity contribution in [3.05, 3.63) is 59.9 Å². The normalized spacial score (nSPS) is 15.7. The second-order valence-corrected chi connectivity index (χ2v) is 11.1. The number of nitrogens with one attached hydrogen (secondary N) is 1. The van der Waals surface area contributed by atoms with E-state index in [0.717, 1.165) is 12.8 Å². The van der Waals surface area contributed by atoms with Crippen molar-refractivity contribution in [1.82, 2.24) is 14.7 Å². The fourth-order valence-corrected chi connectivity index (χ4v) is 5.06. The van der Waals surface area contributed by atoms with E-state index < -0.39 is 21.7 Å². The van der Waals surface area contributed by atoms with Crippen molar-refractivity contribution in [2.45, 2.75) is 44.7 Å². The van der Waals surface area contributed by atoms with Crippen molar-refractivity contribution in [3.8, 4) is 17.0 Å². The SMILES string of the molecule is CC(C)COc1cc(F)cc(-c2ccc(C(=O)NS(=O)(=O)c3cccc(N)n3)c(N3CCC[C@@H]3C)n2)c1. The number of anilines is 2. The summed E-state index contributed by atoms with van der Waals surface area (Å²) in [6.45, 7) is 7.09. The zero-order chi connectivity index (χ0) is 26.7. The molecule has 1 aliphatic rings. The third-order valence-electron chi connectivity index (χ3n) is 5.94. The van der Waals surface area contributed by atoms with Gasteiger partial charge in [0.1, 0.15) is 23.2 Å². The number of hydrogen-bond acceptors (Lipinski definition) is 8. The van der Waals surface area contributed by atoms with E-state index in [1.807, 2.05) is 25.7 Å². The Labute approximate surface area is 215 Å². The fraction of sp³-hybridized carbons (Fsp3) is 0.346. The molecule has 0 saturated carbocycles. The van der Waals surface area contributed by atoms with E-state index in [1.54, 1.807) is 12.1 Å². The number of sulfonamides is 1. The van der Waals surface area contributed by atoms with Gasteiger partial charge >= 0.3 is 0 Å². The van der Waals surface area contributed by atoms with E-state index in [-0.39, 0.29) is 28.4 Å². The van der Waals surface area contributed by atoms with Gasteiger partial charge in [-0.1, -0.05) is 19.9 Å². The molecule has 1 fully saturated rings. The van der Waals surface area contributed by atoms with E-state index in [0.29, 0.717) is 36.0 Å². The molecule has 1 atom stereocenters. The number of pyridine rings is 2. The summed E-state index contributed by atoms with van der Waals surface area (Å²) in [4.78, 5) is 23.7. The predicted octanol–water partition coefficient (Wildman–Crippen LogP) is 4.01. The number of nitrogens with two attached hydrogens (primary N) is 1. The topological polar surface area (TPSA) is 128 Å². The molecule has 3 N–H and O–H groups in total. The number of nitrogens with zero attached hydrogens (tertiary/aromatic N) is 3. The maximum Gasteiger partial charge on any atom is 0.281 e. The number of hydrogen-bond donors (Lipinski definition) is 2. The number of halogens is 1. The predicted molar refractivity (Wildman–Crippen MR) is 139 cm³/mol. The summed E-state index contributed by atoms with van der Waals surface area (Å²) in [6.07, 6.45) is 1.79. The van der Waals surface area contributed by atoms with Gasteiger partial charge < -0.3 is 15.4 Å². The molecule has 3 aromatic rings. The van der Waals surface area contributed by atoms with Gasteiger partial charge in [-0.2, -0.15) is 8.42 Å². The molecule has 1 aliphatic heterocycles. The quantitative estimate of drug-likeness (QED) is 0.450. The highest BCUT2D eigenvalue weighted by molar-refractivity contribution is 7.90. The number of carbonyl (C=O) groups is 1. The maximum absolute atomic E-state index is 14.4. The average Bonchev–Trinajstić information content (AvgIpc) is 3.27. The van der Waals surface area contributed by atoms with Gasteiger partial charge in [0, 0.05) is 24.2 Å². The molecule has 11 heteroatoms. The molecule has 1 amide bonds. The van der Waals surface area contributed by atoms with Crippen molar-refractivity contribution < 1.29 is 22.3 Å². The summed E-state index contributed by atoms with van der Waals surface area (Å²) in [6, 6.07) is 11.6. The van der Waals surface area contributed by atoms with Crippen LogP contribution >= 0.6 is 0 Å². The zero-order valence-corrected chi connectivity index (χ0v) is 21.8. The lowest BCUT2D eigenvalue weighted by molar-refractivity contribution is 0.0981. The Kier molecular flexibility index (Phi) is 7.63. The Morgan fingerprint density at radius 1 is 1.22 bits per heavy atom. The average molecular weight is 528 g/mol. The smallest absolute Gasteiger partial charge is 0.281 e. The first-order valence-electron chi connectivity index (χ1n) is 12.0. The van der Waals surface area contributed by atoms with Gasteiger partial charge in [-0.25, -0.2) is 19.1 Å². The molecular weight excluding hydrogens is 497 g/mol. The van der Waals surface area contributed by atoms with Gasteiger partial charge in [0.15, 0.2) is 5.03 Å². The van der Waals surface area contributed by atoms with Crippen LogP contribution in [-0.4, -0.2) is 43.5 Å². The third-order valence-corrected chi connectivity index (χ3v) is 7.17. The Bertz CT molecular complexity index is 1410. The van der Waals surface area contributed by atoms with Crippen LogP contribution in [-0.2, 0) is 10.0 Å². The van der Waals surface area contributed by atoms with E-state index >= 15 is 0 Å². The first-order chi connectivity index (χ1) is 17.5. The summed E-state index contributed by atoms with van der Waals surface area (Å²) in [7, 11) is -4.27. The lowest BCUT2D eigenvalue weighted by Gasteiger charge is -2.25. The van der Waals surface area contributed by atoms with Crippen LogP contribution in [0.4, 0.5) is 16.0 Å². The standard InChI is InChI=1S/C26H30FN5O4S/c1-16(2)15-36-20-13-18(12-19(27)14-20)22-10-9-21(25(29-22)32-11-5-6-17(32)3)26(33)31-37(34,35)24-8-4-7-23(28)30-24/h4,7-10,12-14,16-17H,5-6,11,15H2,1-3H3,(H2,28,30)(H,31,33)/t17-/m0/s1. The van der Waals surface area contributed by atoms with Gasteiger partial charge in [0.2, 0.25) is 0 Å². The molecule has 37 heavy (non-hydrogen) atoms. The number of aromatic nitrogens is 2. The van der Waals surface area contributed by atoms with E-state index in [2.05, 4.69) is 9.71 Å². The fourth-order valence-electron chi connectivity index (χ4n) is 4.12. The van der Waals surface area contributed by atoms with Crippen LogP contribution in [0.25, 0.3) is 11.3 Å². The van der Waals surface area contributed by atoms with E-state index in [9.17, 15) is 17.6 Å². The van der Waals surface area contributed by atoms with Crippen LogP contribution in [0.1, 0.15) is 44.0 Å². The highest BCUT2D eigenvalue weighted by Crippen LogP contribution is 2.32. The number of benzene rings is 1. The first-order valence-corrected chi connectivity index (χ1v) is 13.5. The summed E-state index contributed by atoms with van der Waals surface area (Å²) in [5.41, 5.74) is 6.60. The number of ether oxygens (including phenoxy) is 1. The van der Waals surface area contributed by atoms with E-state index in [1.165, 1.54) is 36.4 Å². The molecule has 4 rings (SSSR count). The molecule has 0 radical (unpaired) electrons. The van der Waals surface area contributed by atoms with Crippen molar-refractivity contribution in [1.29, 1.82) is 0 Å². The Morgan fingerprint density at radius 3 is 2.68 bits per heavy atom. The molecule has 9 nitrogen and oxygen atoms in total. The molecule has 0 unspecified atom stereocenters. The summed E-state index contributed by atoms with van der Waals surface area (Å²) >= 11 is 0. The van der Waals surface area contributed by atoms with Crippen LogP contribution < -0.4 is 20.1 Å². The lowest BCUT2D eigenvalue weighted by atomic mass is 10.1. The van der Waals surface area contributed by atoms with Gasteiger partial charge in [-0.15, -0.1) is 0 Å². The summed E-state index contributed by atoms with van der Waals surface area (Å²) < 4.78 is 47.8. The van der Waals surface area contributed by atoms with Gasteiger partial charge in [0.05, 0.1) is 17.9 Å². The molecule has 0 aliphatic carbocycles. The minimum Gasteiger partial charge on any atom is -0.493 e. The van der Waals surface area contributed by atoms with Crippen LogP contribution in [0, 0.1) is 11.7 Å². The molecule has 2 aromatic heterocycles. The Hall–Kier alpha value is -3.73. The number of carbonyl (C=O) groups excluding carboxylic acids is 1.